The van der Waals surface area contributed by atoms with E-state index in [0.29, 0.717) is 0 Å². The van der Waals surface area contributed by atoms with Gasteiger partial charge in [0.05, 0.1) is 6.04 Å². The molecule has 2 rings (SSSR count). The lowest BCUT2D eigenvalue weighted by Crippen LogP contribution is -2.29. The summed E-state index contributed by atoms with van der Waals surface area (Å²) >= 11 is 0. The van der Waals surface area contributed by atoms with Crippen LogP contribution >= 0.6 is 0 Å². The Morgan fingerprint density at radius 1 is 1.12 bits per heavy atom. The normalized spacial score (nSPS) is 12.4. The fraction of sp³-hybridized carbons (Fsp3) is 0.143. The minimum absolute atomic E-state index is 0.188. The number of nitrogens with one attached hydrogen (secondary N) is 1. The van der Waals surface area contributed by atoms with Crippen molar-refractivity contribution in [2.75, 3.05) is 0 Å². The molecule has 0 fully saturated rings. The van der Waals surface area contributed by atoms with E-state index in [1.165, 1.54) is 12.1 Å². The Kier molecular flexibility index (Phi) is 3.52. The predicted octanol–water partition coefficient (Wildman–Crippen LogP) is 2.69. The zero-order valence-electron chi connectivity index (χ0n) is 9.65. The molecule has 2 aromatic rings. The van der Waals surface area contributed by atoms with Gasteiger partial charge in [-0.15, -0.1) is 0 Å². The van der Waals surface area contributed by atoms with Crippen LogP contribution < -0.4 is 11.3 Å². The van der Waals surface area contributed by atoms with Gasteiger partial charge in [-0.3, -0.25) is 5.84 Å². The zero-order chi connectivity index (χ0) is 12.3. The van der Waals surface area contributed by atoms with Crippen LogP contribution in [-0.4, -0.2) is 0 Å². The van der Waals surface area contributed by atoms with Gasteiger partial charge >= 0.3 is 0 Å². The first kappa shape index (κ1) is 11.8. The third-order valence-corrected chi connectivity index (χ3v) is 2.85. The molecule has 0 saturated heterocycles. The SMILES string of the molecule is Cc1ccccc1C(NN)c1cccc(F)c1. The highest BCUT2D eigenvalue weighted by molar-refractivity contribution is 5.36. The van der Waals surface area contributed by atoms with Gasteiger partial charge in [0.1, 0.15) is 5.82 Å². The molecule has 1 atom stereocenters. The first-order valence-corrected chi connectivity index (χ1v) is 5.49. The highest BCUT2D eigenvalue weighted by Crippen LogP contribution is 2.24. The molecule has 2 nitrogen and oxygen atoms in total. The second-order valence-corrected chi connectivity index (χ2v) is 4.01. The van der Waals surface area contributed by atoms with Gasteiger partial charge in [0.15, 0.2) is 0 Å². The monoisotopic (exact) mass is 230 g/mol. The quantitative estimate of drug-likeness (QED) is 0.628. The van der Waals surface area contributed by atoms with Crippen LogP contribution in [0.1, 0.15) is 22.7 Å². The van der Waals surface area contributed by atoms with E-state index < -0.39 is 0 Å². The van der Waals surface area contributed by atoms with E-state index in [-0.39, 0.29) is 11.9 Å². The molecule has 0 aliphatic rings. The molecule has 0 heterocycles. The van der Waals surface area contributed by atoms with Gasteiger partial charge in [0.25, 0.3) is 0 Å². The van der Waals surface area contributed by atoms with E-state index >= 15 is 0 Å². The summed E-state index contributed by atoms with van der Waals surface area (Å²) in [5.41, 5.74) is 5.74. The average Bonchev–Trinajstić information content (AvgIpc) is 2.33. The van der Waals surface area contributed by atoms with Crippen molar-refractivity contribution in [1.82, 2.24) is 5.43 Å². The molecule has 0 saturated carbocycles. The number of hydrogen-bond acceptors (Lipinski definition) is 2. The number of nitrogens with two attached hydrogens (primary N) is 1. The maximum atomic E-state index is 13.2. The molecule has 0 amide bonds. The summed E-state index contributed by atoms with van der Waals surface area (Å²) in [5.74, 6) is 5.33. The summed E-state index contributed by atoms with van der Waals surface area (Å²) in [6.45, 7) is 2.01. The molecule has 1 unspecified atom stereocenters. The van der Waals surface area contributed by atoms with Crippen LogP contribution in [0.15, 0.2) is 48.5 Å². The van der Waals surface area contributed by atoms with Gasteiger partial charge in [0.2, 0.25) is 0 Å². The Bertz CT molecular complexity index is 511. The lowest BCUT2D eigenvalue weighted by Gasteiger charge is -2.19. The highest BCUT2D eigenvalue weighted by Gasteiger charge is 2.14. The minimum atomic E-state index is -0.253. The molecular weight excluding hydrogens is 215 g/mol. The van der Waals surface area contributed by atoms with Crippen molar-refractivity contribution in [1.29, 1.82) is 0 Å². The summed E-state index contributed by atoms with van der Waals surface area (Å²) in [7, 11) is 0. The van der Waals surface area contributed by atoms with Crippen molar-refractivity contribution in [2.24, 2.45) is 5.84 Å². The van der Waals surface area contributed by atoms with Crippen molar-refractivity contribution in [2.45, 2.75) is 13.0 Å². The zero-order valence-corrected chi connectivity index (χ0v) is 9.65. The highest BCUT2D eigenvalue weighted by atomic mass is 19.1. The largest absolute Gasteiger partial charge is 0.271 e. The first-order chi connectivity index (χ1) is 8.22. The smallest absolute Gasteiger partial charge is 0.123 e. The van der Waals surface area contributed by atoms with Crippen LogP contribution in [0.2, 0.25) is 0 Å². The Hall–Kier alpha value is -1.71. The number of aryl methyl sites for hydroxylation is 1. The van der Waals surface area contributed by atoms with Gasteiger partial charge in [-0.25, -0.2) is 9.82 Å². The maximum Gasteiger partial charge on any atom is 0.123 e. The first-order valence-electron chi connectivity index (χ1n) is 5.49. The Labute approximate surface area is 100 Å². The van der Waals surface area contributed by atoms with E-state index in [4.69, 9.17) is 5.84 Å². The molecule has 0 radical (unpaired) electrons. The van der Waals surface area contributed by atoms with Gasteiger partial charge < -0.3 is 0 Å². The summed E-state index contributed by atoms with van der Waals surface area (Å²) in [4.78, 5) is 0. The fourth-order valence-electron chi connectivity index (χ4n) is 1.96. The molecule has 0 aliphatic heterocycles. The summed E-state index contributed by atoms with van der Waals surface area (Å²) in [6.07, 6.45) is 0. The number of halogens is 1. The Morgan fingerprint density at radius 2 is 1.88 bits per heavy atom. The predicted molar refractivity (Wildman–Crippen MR) is 66.7 cm³/mol. The van der Waals surface area contributed by atoms with Crippen molar-refractivity contribution >= 4 is 0 Å². The molecule has 0 aliphatic carbocycles. The van der Waals surface area contributed by atoms with E-state index in [1.54, 1.807) is 6.07 Å². The van der Waals surface area contributed by atoms with E-state index in [0.717, 1.165) is 16.7 Å². The van der Waals surface area contributed by atoms with Crippen molar-refractivity contribution in [3.63, 3.8) is 0 Å². The van der Waals surface area contributed by atoms with Crippen LogP contribution in [0.5, 0.6) is 0 Å². The van der Waals surface area contributed by atoms with Crippen LogP contribution in [0.4, 0.5) is 4.39 Å². The summed E-state index contributed by atoms with van der Waals surface area (Å²) < 4.78 is 13.2. The topological polar surface area (TPSA) is 38.0 Å². The lowest BCUT2D eigenvalue weighted by molar-refractivity contribution is 0.604. The molecule has 17 heavy (non-hydrogen) atoms. The number of hydrogen-bond donors (Lipinski definition) is 2. The average molecular weight is 230 g/mol. The van der Waals surface area contributed by atoms with Gasteiger partial charge in [-0.05, 0) is 35.7 Å². The van der Waals surface area contributed by atoms with Crippen molar-refractivity contribution < 1.29 is 4.39 Å². The number of hydrazine groups is 1. The summed E-state index contributed by atoms with van der Waals surface area (Å²) in [6, 6.07) is 14.2. The Balaban J connectivity index is 2.44. The molecule has 0 bridgehead atoms. The molecule has 0 spiro atoms. The third kappa shape index (κ3) is 2.52. The van der Waals surface area contributed by atoms with Gasteiger partial charge in [0, 0.05) is 0 Å². The minimum Gasteiger partial charge on any atom is -0.271 e. The Morgan fingerprint density at radius 3 is 2.53 bits per heavy atom. The van der Waals surface area contributed by atoms with Crippen molar-refractivity contribution in [3.8, 4) is 0 Å². The molecule has 0 aromatic heterocycles. The van der Waals surface area contributed by atoms with E-state index in [9.17, 15) is 4.39 Å². The maximum absolute atomic E-state index is 13.2. The summed E-state index contributed by atoms with van der Waals surface area (Å²) in [5, 5.41) is 0. The second kappa shape index (κ2) is 5.08. The van der Waals surface area contributed by atoms with Gasteiger partial charge in [-0.1, -0.05) is 36.4 Å². The lowest BCUT2D eigenvalue weighted by atomic mass is 9.95. The molecular formula is C14H15FN2. The second-order valence-electron chi connectivity index (χ2n) is 4.01. The van der Waals surface area contributed by atoms with Crippen LogP contribution in [0, 0.1) is 12.7 Å². The van der Waals surface area contributed by atoms with Crippen LogP contribution in [-0.2, 0) is 0 Å². The molecule has 3 heteroatoms. The molecule has 3 N–H and O–H groups in total. The van der Waals surface area contributed by atoms with E-state index in [1.807, 2.05) is 37.3 Å². The van der Waals surface area contributed by atoms with Gasteiger partial charge in [-0.2, -0.15) is 0 Å². The van der Waals surface area contributed by atoms with Crippen LogP contribution in [0.3, 0.4) is 0 Å². The van der Waals surface area contributed by atoms with Crippen LogP contribution in [0.25, 0.3) is 0 Å². The molecule has 2 aromatic carbocycles. The number of rotatable bonds is 3. The third-order valence-electron chi connectivity index (χ3n) is 2.85. The van der Waals surface area contributed by atoms with E-state index in [2.05, 4.69) is 5.43 Å². The fourth-order valence-corrected chi connectivity index (χ4v) is 1.96. The number of benzene rings is 2. The van der Waals surface area contributed by atoms with Crippen molar-refractivity contribution in [3.05, 3.63) is 71.0 Å². The molecule has 88 valence electrons. The standard InChI is InChI=1S/C14H15FN2/c1-10-5-2-3-8-13(10)14(17-16)11-6-4-7-12(15)9-11/h2-9,14,17H,16H2,1H3.